The van der Waals surface area contributed by atoms with Crippen molar-refractivity contribution < 1.29 is 47.3 Å². The second-order valence-electron chi connectivity index (χ2n) is 8.96. The van der Waals surface area contributed by atoms with Gasteiger partial charge >= 0.3 is 23.9 Å². The van der Waals surface area contributed by atoms with Crippen LogP contribution in [0.15, 0.2) is 47.8 Å². The fraction of sp³-hybridized carbons (Fsp3) is 0.333. The molecule has 2 rings (SSSR count). The van der Waals surface area contributed by atoms with E-state index in [4.69, 9.17) is 65.7 Å². The lowest BCUT2D eigenvalue weighted by Gasteiger charge is -2.13. The molecule has 0 atom stereocenters. The molecule has 0 aliphatic carbocycles. The predicted molar refractivity (Wildman–Crippen MR) is 179 cm³/mol. The van der Waals surface area contributed by atoms with Crippen LogP contribution in [-0.4, -0.2) is 48.8 Å². The summed E-state index contributed by atoms with van der Waals surface area (Å²) < 4.78 is 41.3. The van der Waals surface area contributed by atoms with Crippen molar-refractivity contribution in [3.05, 3.63) is 79.5 Å². The minimum Gasteiger partial charge on any atom is -0.481 e. The molecule has 0 aliphatic rings. The van der Waals surface area contributed by atoms with Crippen molar-refractivity contribution in [1.29, 1.82) is 0 Å². The van der Waals surface area contributed by atoms with E-state index in [0.29, 0.717) is 18.0 Å². The van der Waals surface area contributed by atoms with Gasteiger partial charge in [-0.05, 0) is 57.9 Å². The summed E-state index contributed by atoms with van der Waals surface area (Å²) in [5.74, 6) is -4.12. The van der Waals surface area contributed by atoms with Crippen LogP contribution in [0.4, 0.5) is 20.2 Å². The van der Waals surface area contributed by atoms with Gasteiger partial charge in [0.2, 0.25) is 0 Å². The number of nitrogens with one attached hydrogen (secondary N) is 4. The van der Waals surface area contributed by atoms with Crippen LogP contribution in [0.25, 0.3) is 0 Å². The lowest BCUT2D eigenvalue weighted by molar-refractivity contribution is -0.143. The van der Waals surface area contributed by atoms with Crippen molar-refractivity contribution in [2.45, 2.75) is 46.5 Å². The molecule has 0 aliphatic heterocycles. The van der Waals surface area contributed by atoms with Gasteiger partial charge in [-0.25, -0.2) is 18.4 Å². The summed E-state index contributed by atoms with van der Waals surface area (Å²) in [7, 11) is 0. The SMILES string of the molecule is CCOC(=O)/C(=C\CCC(=O)O)NNc1cc(Cl)c(F)c(Cl)c1.CCOC(=O)CC/C=C(/NNc1cc(Cl)c(F)c(Cl)c1)C(=O)OCC. The van der Waals surface area contributed by atoms with Crippen molar-refractivity contribution in [3.63, 3.8) is 0 Å². The maximum absolute atomic E-state index is 13.4. The average molecular weight is 758 g/mol. The van der Waals surface area contributed by atoms with Gasteiger partial charge in [0, 0.05) is 12.8 Å². The Morgan fingerprint density at radius 1 is 0.667 bits per heavy atom. The fourth-order valence-electron chi connectivity index (χ4n) is 3.23. The van der Waals surface area contributed by atoms with Crippen molar-refractivity contribution in [3.8, 4) is 0 Å². The van der Waals surface area contributed by atoms with Crippen LogP contribution < -0.4 is 21.7 Å². The molecule has 0 heterocycles. The summed E-state index contributed by atoms with van der Waals surface area (Å²) in [5, 5.41) is 7.91. The molecule has 0 saturated carbocycles. The summed E-state index contributed by atoms with van der Waals surface area (Å²) in [4.78, 5) is 45.6. The molecular formula is C30H34Cl4F2N4O8. The van der Waals surface area contributed by atoms with Crippen LogP contribution in [0.1, 0.15) is 46.5 Å². The van der Waals surface area contributed by atoms with Crippen molar-refractivity contribution in [2.75, 3.05) is 30.7 Å². The highest BCUT2D eigenvalue weighted by Crippen LogP contribution is 2.28. The van der Waals surface area contributed by atoms with Gasteiger partial charge in [0.15, 0.2) is 11.6 Å². The molecule has 0 amide bonds. The molecule has 0 saturated heterocycles. The Morgan fingerprint density at radius 3 is 1.35 bits per heavy atom. The third-order valence-electron chi connectivity index (χ3n) is 5.35. The molecule has 0 fully saturated rings. The predicted octanol–water partition coefficient (Wildman–Crippen LogP) is 7.20. The lowest BCUT2D eigenvalue weighted by atomic mass is 10.2. The van der Waals surface area contributed by atoms with E-state index in [1.165, 1.54) is 36.4 Å². The Kier molecular flexibility index (Phi) is 19.8. The molecule has 48 heavy (non-hydrogen) atoms. The zero-order valence-electron chi connectivity index (χ0n) is 26.0. The molecule has 0 radical (unpaired) electrons. The van der Waals surface area contributed by atoms with Gasteiger partial charge in [-0.3, -0.25) is 20.4 Å². The number of carboxylic acids is 1. The summed E-state index contributed by atoms with van der Waals surface area (Å²) in [6.45, 7) is 5.65. The summed E-state index contributed by atoms with van der Waals surface area (Å²) in [6.07, 6.45) is 3.25. The molecule has 2 aromatic carbocycles. The molecule has 18 heteroatoms. The van der Waals surface area contributed by atoms with Crippen molar-refractivity contribution in [1.82, 2.24) is 10.9 Å². The second kappa shape index (κ2) is 22.6. The first-order valence-corrected chi connectivity index (χ1v) is 15.7. The van der Waals surface area contributed by atoms with Crippen LogP contribution in [0, 0.1) is 11.6 Å². The first-order valence-electron chi connectivity index (χ1n) is 14.2. The topological polar surface area (TPSA) is 164 Å². The van der Waals surface area contributed by atoms with Gasteiger partial charge < -0.3 is 30.2 Å². The highest BCUT2D eigenvalue weighted by atomic mass is 35.5. The third kappa shape index (κ3) is 15.7. The van der Waals surface area contributed by atoms with Gasteiger partial charge in [-0.1, -0.05) is 58.6 Å². The number of carboxylic acid groups (broad SMARTS) is 1. The van der Waals surface area contributed by atoms with E-state index in [1.807, 2.05) is 0 Å². The Hall–Kier alpha value is -3.98. The Bertz CT molecular complexity index is 1450. The second-order valence-corrected chi connectivity index (χ2v) is 10.6. The van der Waals surface area contributed by atoms with Crippen LogP contribution in [-0.2, 0) is 33.4 Å². The number of halogens is 6. The number of benzene rings is 2. The largest absolute Gasteiger partial charge is 0.481 e. The first-order chi connectivity index (χ1) is 22.7. The van der Waals surface area contributed by atoms with Crippen LogP contribution >= 0.6 is 46.4 Å². The van der Waals surface area contributed by atoms with Gasteiger partial charge in [0.05, 0.1) is 51.3 Å². The molecule has 0 aromatic heterocycles. The van der Waals surface area contributed by atoms with Crippen LogP contribution in [0.3, 0.4) is 0 Å². The number of hydrogen-bond acceptors (Lipinski definition) is 11. The lowest BCUT2D eigenvalue weighted by Crippen LogP contribution is -2.27. The number of anilines is 2. The zero-order valence-corrected chi connectivity index (χ0v) is 29.0. The van der Waals surface area contributed by atoms with E-state index in [0.717, 1.165) is 0 Å². The Balaban J connectivity index is 0.000000482. The number of ether oxygens (including phenoxy) is 3. The summed E-state index contributed by atoms with van der Waals surface area (Å²) >= 11 is 22.8. The Morgan fingerprint density at radius 2 is 1.02 bits per heavy atom. The first kappa shape index (κ1) is 42.0. The normalized spacial score (nSPS) is 11.0. The van der Waals surface area contributed by atoms with Gasteiger partial charge in [-0.2, -0.15) is 0 Å². The molecule has 0 spiro atoms. The molecule has 5 N–H and O–H groups in total. The third-order valence-corrected chi connectivity index (χ3v) is 6.45. The fourth-order valence-corrected chi connectivity index (χ4v) is 4.20. The number of hydrazine groups is 2. The summed E-state index contributed by atoms with van der Waals surface area (Å²) in [6, 6.07) is 5.15. The van der Waals surface area contributed by atoms with E-state index in [9.17, 15) is 28.0 Å². The highest BCUT2D eigenvalue weighted by molar-refractivity contribution is 6.35. The smallest absolute Gasteiger partial charge is 0.355 e. The highest BCUT2D eigenvalue weighted by Gasteiger charge is 2.14. The average Bonchev–Trinajstić information content (AvgIpc) is 3.02. The van der Waals surface area contributed by atoms with Crippen LogP contribution in [0.5, 0.6) is 0 Å². The van der Waals surface area contributed by atoms with Gasteiger partial charge in [-0.15, -0.1) is 0 Å². The maximum Gasteiger partial charge on any atom is 0.355 e. The number of carbonyl (C=O) groups excluding carboxylic acids is 3. The molecule has 0 bridgehead atoms. The number of rotatable bonds is 17. The minimum absolute atomic E-state index is 0.0182. The number of carbonyl (C=O) groups is 4. The molecule has 2 aromatic rings. The zero-order chi connectivity index (χ0) is 36.2. The number of aliphatic carboxylic acids is 1. The van der Waals surface area contributed by atoms with E-state index >= 15 is 0 Å². The van der Waals surface area contributed by atoms with Crippen LogP contribution in [0.2, 0.25) is 20.1 Å². The monoisotopic (exact) mass is 756 g/mol. The van der Waals surface area contributed by atoms with E-state index < -0.39 is 29.5 Å². The van der Waals surface area contributed by atoms with Crippen molar-refractivity contribution >= 4 is 81.7 Å². The van der Waals surface area contributed by atoms with E-state index in [-0.39, 0.29) is 76.4 Å². The number of allylic oxidation sites excluding steroid dienone is 2. The van der Waals surface area contributed by atoms with E-state index in [2.05, 4.69) is 21.7 Å². The van der Waals surface area contributed by atoms with Gasteiger partial charge in [0.1, 0.15) is 11.4 Å². The molecule has 264 valence electrons. The summed E-state index contributed by atoms with van der Waals surface area (Å²) in [5.41, 5.74) is 11.3. The standard InChI is InChI=1S/C16H19Cl2FN2O4.C14H15Cl2FN2O4/c1-3-24-14(22)7-5-6-13(16(23)25-4-2)21-20-10-8-11(17)15(19)12(18)9-10;1-2-23-14(22)11(4-3-5-12(20)21)19-18-8-6-9(15)13(17)10(16)7-8/h6,8-9,20-21H,3-5,7H2,1-2H3;4,6-7,18-19H,2-3,5H2,1H3,(H,20,21)/b13-6+;11-4+. The number of hydrogen-bond donors (Lipinski definition) is 5. The number of esters is 3. The van der Waals surface area contributed by atoms with E-state index in [1.54, 1.807) is 20.8 Å². The molecule has 12 nitrogen and oxygen atoms in total. The minimum atomic E-state index is -0.991. The maximum atomic E-state index is 13.4. The quantitative estimate of drug-likeness (QED) is 0.0363. The Labute approximate surface area is 295 Å². The molecular weight excluding hydrogens is 724 g/mol. The van der Waals surface area contributed by atoms with Crippen molar-refractivity contribution in [2.24, 2.45) is 0 Å². The molecule has 0 unspecified atom stereocenters. The van der Waals surface area contributed by atoms with Gasteiger partial charge in [0.25, 0.3) is 0 Å².